The number of rotatable bonds is 40. The summed E-state index contributed by atoms with van der Waals surface area (Å²) in [5.74, 6) is -0.229. The summed E-state index contributed by atoms with van der Waals surface area (Å²) in [5.41, 5.74) is 0. The van der Waals surface area contributed by atoms with E-state index in [1.807, 2.05) is 0 Å². The van der Waals surface area contributed by atoms with Gasteiger partial charge in [0.2, 0.25) is 0 Å². The average molecular weight is 857 g/mol. The number of carbonyl (C=O) groups is 2. The molecule has 1 saturated heterocycles. The lowest BCUT2D eigenvalue weighted by molar-refractivity contribution is -0.161. The largest absolute Gasteiger partial charge is 0.472 e. The molecular formula is C41H78O14P2. The molecule has 1 aliphatic rings. The Morgan fingerprint density at radius 3 is 1.84 bits per heavy atom. The molecule has 0 aliphatic carbocycles. The van der Waals surface area contributed by atoms with Gasteiger partial charge in [-0.1, -0.05) is 142 Å². The van der Waals surface area contributed by atoms with E-state index < -0.39 is 66.2 Å². The van der Waals surface area contributed by atoms with E-state index in [9.17, 15) is 28.7 Å². The number of epoxide rings is 1. The Labute approximate surface area is 343 Å². The van der Waals surface area contributed by atoms with Crippen LogP contribution in [0.3, 0.4) is 0 Å². The van der Waals surface area contributed by atoms with Gasteiger partial charge in [0.15, 0.2) is 6.10 Å². The maximum Gasteiger partial charge on any atom is 0.472 e. The van der Waals surface area contributed by atoms with Crippen LogP contribution in [0.25, 0.3) is 0 Å². The third kappa shape index (κ3) is 34.3. The van der Waals surface area contributed by atoms with Crippen LogP contribution in [0.4, 0.5) is 0 Å². The Balaban J connectivity index is 2.35. The second kappa shape index (κ2) is 33.5. The second-order valence-corrected chi connectivity index (χ2v) is 18.3. The molecule has 0 aromatic rings. The molecule has 0 spiro atoms. The van der Waals surface area contributed by atoms with Gasteiger partial charge in [-0.05, 0) is 44.4 Å². The van der Waals surface area contributed by atoms with Crippen LogP contribution in [0, 0.1) is 5.92 Å². The Morgan fingerprint density at radius 2 is 1.23 bits per heavy atom. The SMILES string of the molecule is CCCCCC1OC1C/C=C\CCCCCCCC(=O)OC[C@H](COP(=O)(O)OC[C@@H](O)COP(=O)(O)O)OC(=O)CCCCCCCCCCCCC(C)CC. The fourth-order valence-corrected chi connectivity index (χ4v) is 7.43. The van der Waals surface area contributed by atoms with E-state index in [0.717, 1.165) is 63.7 Å². The quantitative estimate of drug-likeness (QED) is 0.0149. The first-order valence-corrected chi connectivity index (χ1v) is 24.9. The smallest absolute Gasteiger partial charge is 0.462 e. The molecule has 0 bridgehead atoms. The van der Waals surface area contributed by atoms with Crippen molar-refractivity contribution < 1.29 is 66.3 Å². The number of phosphoric ester groups is 2. The van der Waals surface area contributed by atoms with Crippen LogP contribution in [0.2, 0.25) is 0 Å². The summed E-state index contributed by atoms with van der Waals surface area (Å²) in [7, 11) is -9.67. The number of carbonyl (C=O) groups excluding carboxylic acids is 2. The van der Waals surface area contributed by atoms with Gasteiger partial charge in [0.25, 0.3) is 0 Å². The van der Waals surface area contributed by atoms with Crippen molar-refractivity contribution >= 4 is 27.6 Å². The Hall–Kier alpha value is -1.18. The number of hydrogen-bond acceptors (Lipinski definition) is 11. The lowest BCUT2D eigenvalue weighted by atomic mass is 9.99. The maximum atomic E-state index is 12.7. The molecule has 1 aliphatic heterocycles. The van der Waals surface area contributed by atoms with Crippen molar-refractivity contribution in [3.05, 3.63) is 12.2 Å². The lowest BCUT2D eigenvalue weighted by Crippen LogP contribution is -2.30. The van der Waals surface area contributed by atoms with E-state index in [2.05, 4.69) is 42.0 Å². The molecule has 0 aromatic carbocycles. The highest BCUT2D eigenvalue weighted by atomic mass is 31.2. The van der Waals surface area contributed by atoms with Crippen molar-refractivity contribution in [2.24, 2.45) is 5.92 Å². The molecule has 0 amide bonds. The monoisotopic (exact) mass is 856 g/mol. The summed E-state index contributed by atoms with van der Waals surface area (Å²) in [6.07, 6.45) is 28.0. The average Bonchev–Trinajstić information content (AvgIpc) is 3.92. The normalized spacial score (nSPS) is 18.3. The summed E-state index contributed by atoms with van der Waals surface area (Å²) in [6, 6.07) is 0. The Morgan fingerprint density at radius 1 is 0.667 bits per heavy atom. The molecule has 14 nitrogen and oxygen atoms in total. The Kier molecular flexibility index (Phi) is 31.7. The molecule has 16 heteroatoms. The highest BCUT2D eigenvalue weighted by molar-refractivity contribution is 7.47. The fourth-order valence-electron chi connectivity index (χ4n) is 6.27. The molecule has 0 aromatic heterocycles. The number of aliphatic hydroxyl groups is 1. The zero-order valence-electron chi connectivity index (χ0n) is 35.3. The number of phosphoric acid groups is 2. The summed E-state index contributed by atoms with van der Waals surface area (Å²) >= 11 is 0. The third-order valence-corrected chi connectivity index (χ3v) is 11.5. The minimum atomic E-state index is -4.86. The predicted octanol–water partition coefficient (Wildman–Crippen LogP) is 9.80. The Bertz CT molecular complexity index is 1150. The third-order valence-electron chi connectivity index (χ3n) is 10.1. The van der Waals surface area contributed by atoms with Crippen molar-refractivity contribution in [2.75, 3.05) is 26.4 Å². The van der Waals surface area contributed by atoms with Gasteiger partial charge in [0, 0.05) is 12.8 Å². The number of aliphatic hydroxyl groups excluding tert-OH is 1. The van der Waals surface area contributed by atoms with E-state index in [4.69, 9.17) is 28.5 Å². The molecule has 1 rings (SSSR count). The van der Waals surface area contributed by atoms with E-state index in [1.165, 1.54) is 77.0 Å². The second-order valence-electron chi connectivity index (χ2n) is 15.6. The molecule has 0 radical (unpaired) electrons. The fraction of sp³-hybridized carbons (Fsp3) is 0.902. The summed E-state index contributed by atoms with van der Waals surface area (Å²) in [6.45, 7) is 4.05. The molecule has 4 N–H and O–H groups in total. The van der Waals surface area contributed by atoms with Crippen LogP contribution in [0.15, 0.2) is 12.2 Å². The summed E-state index contributed by atoms with van der Waals surface area (Å²) in [5, 5.41) is 9.74. The van der Waals surface area contributed by atoms with E-state index >= 15 is 0 Å². The molecule has 1 fully saturated rings. The van der Waals surface area contributed by atoms with E-state index in [0.29, 0.717) is 25.0 Å². The topological polar surface area (TPSA) is 208 Å². The van der Waals surface area contributed by atoms with Crippen molar-refractivity contribution in [3.63, 3.8) is 0 Å². The molecule has 57 heavy (non-hydrogen) atoms. The molecule has 0 saturated carbocycles. The van der Waals surface area contributed by atoms with Gasteiger partial charge in [0.05, 0.1) is 32.0 Å². The first-order valence-electron chi connectivity index (χ1n) is 21.9. The van der Waals surface area contributed by atoms with Crippen molar-refractivity contribution in [3.8, 4) is 0 Å². The number of unbranched alkanes of at least 4 members (excludes halogenated alkanes) is 16. The van der Waals surface area contributed by atoms with Crippen LogP contribution >= 0.6 is 15.6 Å². The minimum Gasteiger partial charge on any atom is -0.462 e. The molecule has 336 valence electrons. The molecule has 6 atom stereocenters. The maximum absolute atomic E-state index is 12.7. The van der Waals surface area contributed by atoms with E-state index in [1.54, 1.807) is 0 Å². The number of ether oxygens (including phenoxy) is 3. The molecule has 1 heterocycles. The van der Waals surface area contributed by atoms with Crippen LogP contribution in [-0.2, 0) is 46.5 Å². The van der Waals surface area contributed by atoms with Crippen molar-refractivity contribution in [1.29, 1.82) is 0 Å². The van der Waals surface area contributed by atoms with Crippen molar-refractivity contribution in [1.82, 2.24) is 0 Å². The molecular weight excluding hydrogens is 778 g/mol. The lowest BCUT2D eigenvalue weighted by Gasteiger charge is -2.20. The first-order chi connectivity index (χ1) is 27.2. The zero-order chi connectivity index (χ0) is 42.2. The summed E-state index contributed by atoms with van der Waals surface area (Å²) < 4.78 is 53.5. The van der Waals surface area contributed by atoms with E-state index in [-0.39, 0.29) is 12.8 Å². The van der Waals surface area contributed by atoms with Gasteiger partial charge >= 0.3 is 27.6 Å². The van der Waals surface area contributed by atoms with Gasteiger partial charge in [-0.2, -0.15) is 0 Å². The van der Waals surface area contributed by atoms with Crippen LogP contribution in [-0.4, -0.2) is 82.6 Å². The standard InChI is InChI=1S/C41H78O14P2/c1-4-6-21-27-38-39(55-38)28-23-18-14-11-12-15-19-24-29-40(43)50-33-37(34-53-57(48,49)52-32-36(42)31-51-56(45,46)47)54-41(44)30-25-20-16-10-8-7-9-13-17-22-26-35(3)5-2/h18,23,35-39,42H,4-17,19-22,24-34H2,1-3H3,(H,48,49)(H2,45,46,47)/b23-18-/t35?,36-,37+,38?,39?/m0/s1. The zero-order valence-corrected chi connectivity index (χ0v) is 37.1. The van der Waals surface area contributed by atoms with Gasteiger partial charge in [-0.25, -0.2) is 9.13 Å². The van der Waals surface area contributed by atoms with Gasteiger partial charge in [0.1, 0.15) is 12.7 Å². The number of allylic oxidation sites excluding steroid dienone is 1. The predicted molar refractivity (Wildman–Crippen MR) is 220 cm³/mol. The highest BCUT2D eigenvalue weighted by Gasteiger charge is 2.36. The van der Waals surface area contributed by atoms with Crippen molar-refractivity contribution in [2.45, 2.75) is 206 Å². The van der Waals surface area contributed by atoms with Crippen LogP contribution in [0.5, 0.6) is 0 Å². The van der Waals surface area contributed by atoms with Gasteiger partial charge < -0.3 is 34.0 Å². The summed E-state index contributed by atoms with van der Waals surface area (Å²) in [4.78, 5) is 52.7. The minimum absolute atomic E-state index is 0.129. The van der Waals surface area contributed by atoms with Gasteiger partial charge in [-0.3, -0.25) is 23.2 Å². The highest BCUT2D eigenvalue weighted by Crippen LogP contribution is 2.44. The first kappa shape index (κ1) is 53.8. The van der Waals surface area contributed by atoms with Crippen LogP contribution in [0.1, 0.15) is 181 Å². The number of esters is 2. The molecule has 4 unspecified atom stereocenters. The van der Waals surface area contributed by atoms with Crippen LogP contribution < -0.4 is 0 Å². The van der Waals surface area contributed by atoms with Gasteiger partial charge in [-0.15, -0.1) is 0 Å². The number of hydrogen-bond donors (Lipinski definition) is 4.